The van der Waals surface area contributed by atoms with Gasteiger partial charge in [-0.3, -0.25) is 0 Å². The number of rotatable bonds is 1. The van der Waals surface area contributed by atoms with E-state index >= 15 is 0 Å². The van der Waals surface area contributed by atoms with E-state index in [9.17, 15) is 0 Å². The van der Waals surface area contributed by atoms with Crippen molar-refractivity contribution < 1.29 is 4.74 Å². The largest absolute Gasteiger partial charge is 0.502 e. The van der Waals surface area contributed by atoms with Gasteiger partial charge in [0.2, 0.25) is 0 Å². The van der Waals surface area contributed by atoms with Crippen LogP contribution in [0.3, 0.4) is 0 Å². The smallest absolute Gasteiger partial charge is 0.0876 e. The maximum atomic E-state index is 6.11. The number of benzene rings is 1. The minimum Gasteiger partial charge on any atom is -0.502 e. The summed E-state index contributed by atoms with van der Waals surface area (Å²) in [5.74, 6) is 0. The maximum absolute atomic E-state index is 6.11. The van der Waals surface area contributed by atoms with Crippen molar-refractivity contribution in [1.82, 2.24) is 0 Å². The highest BCUT2D eigenvalue weighted by molar-refractivity contribution is 5.73. The van der Waals surface area contributed by atoms with E-state index in [4.69, 9.17) is 10.5 Å². The Balaban J connectivity index is 0.000000225. The average Bonchev–Trinajstić information content (AvgIpc) is 2.53. The summed E-state index contributed by atoms with van der Waals surface area (Å²) in [4.78, 5) is 0. The summed E-state index contributed by atoms with van der Waals surface area (Å²) in [6.45, 7) is 5.30. The zero-order chi connectivity index (χ0) is 15.1. The number of ether oxygens (including phenoxy) is 1. The van der Waals surface area contributed by atoms with Gasteiger partial charge in [0, 0.05) is 11.5 Å². The van der Waals surface area contributed by atoms with Gasteiger partial charge in [-0.15, -0.1) is 0 Å². The van der Waals surface area contributed by atoms with Gasteiger partial charge in [-0.25, -0.2) is 0 Å². The van der Waals surface area contributed by atoms with Crippen LogP contribution in [0.25, 0.3) is 5.57 Å². The Morgan fingerprint density at radius 3 is 2.48 bits per heavy atom. The first kappa shape index (κ1) is 15.6. The van der Waals surface area contributed by atoms with Crippen molar-refractivity contribution in [2.24, 2.45) is 11.1 Å². The van der Waals surface area contributed by atoms with Crippen LogP contribution in [0.2, 0.25) is 0 Å². The summed E-state index contributed by atoms with van der Waals surface area (Å²) in [5.41, 5.74) is 8.71. The number of hydrogen-bond acceptors (Lipinski definition) is 2. The van der Waals surface area contributed by atoms with Crippen LogP contribution in [0.1, 0.15) is 32.3 Å². The molecule has 2 nitrogen and oxygen atoms in total. The second-order valence-corrected chi connectivity index (χ2v) is 5.96. The van der Waals surface area contributed by atoms with E-state index in [1.807, 2.05) is 12.1 Å². The molecule has 21 heavy (non-hydrogen) atoms. The predicted molar refractivity (Wildman–Crippen MR) is 89.6 cm³/mol. The molecule has 1 heterocycles. The van der Waals surface area contributed by atoms with Crippen molar-refractivity contribution in [3.63, 3.8) is 0 Å². The van der Waals surface area contributed by atoms with Crippen LogP contribution < -0.4 is 5.73 Å². The molecular formula is C19H25NO. The molecule has 0 spiro atoms. The summed E-state index contributed by atoms with van der Waals surface area (Å²) in [5, 5.41) is 0. The van der Waals surface area contributed by atoms with Crippen LogP contribution in [0.5, 0.6) is 0 Å². The van der Waals surface area contributed by atoms with Crippen LogP contribution in [0, 0.1) is 5.41 Å². The molecule has 3 rings (SSSR count). The molecule has 112 valence electrons. The van der Waals surface area contributed by atoms with Crippen LogP contribution >= 0.6 is 0 Å². The topological polar surface area (TPSA) is 35.2 Å². The van der Waals surface area contributed by atoms with E-state index in [0.29, 0.717) is 0 Å². The maximum Gasteiger partial charge on any atom is 0.0876 e. The van der Waals surface area contributed by atoms with Gasteiger partial charge < -0.3 is 10.5 Å². The lowest BCUT2D eigenvalue weighted by atomic mass is 9.72. The molecule has 0 radical (unpaired) electrons. The second kappa shape index (κ2) is 7.28. The van der Waals surface area contributed by atoms with Crippen molar-refractivity contribution in [3.05, 3.63) is 66.5 Å². The summed E-state index contributed by atoms with van der Waals surface area (Å²) in [6, 6.07) is 10.5. The molecule has 0 fully saturated rings. The molecule has 2 N–H and O–H groups in total. The Kier molecular flexibility index (Phi) is 5.40. The number of allylic oxidation sites excluding steroid dienone is 3. The first-order valence-corrected chi connectivity index (χ1v) is 7.59. The van der Waals surface area contributed by atoms with Gasteiger partial charge in [0.1, 0.15) is 0 Å². The third-order valence-electron chi connectivity index (χ3n) is 4.02. The molecular weight excluding hydrogens is 258 g/mol. The molecule has 1 aliphatic carbocycles. The van der Waals surface area contributed by atoms with E-state index in [1.54, 1.807) is 6.26 Å². The van der Waals surface area contributed by atoms with E-state index in [1.165, 1.54) is 24.0 Å². The lowest BCUT2D eigenvalue weighted by Gasteiger charge is -2.35. The van der Waals surface area contributed by atoms with Gasteiger partial charge >= 0.3 is 0 Å². The third-order valence-corrected chi connectivity index (χ3v) is 4.02. The van der Waals surface area contributed by atoms with Gasteiger partial charge in [0.05, 0.1) is 12.9 Å². The second-order valence-electron chi connectivity index (χ2n) is 5.96. The first-order chi connectivity index (χ1) is 10.1. The highest BCUT2D eigenvalue weighted by Gasteiger charge is 2.31. The third kappa shape index (κ3) is 4.08. The minimum atomic E-state index is 0.0100. The summed E-state index contributed by atoms with van der Waals surface area (Å²) >= 11 is 0. The molecule has 2 heteroatoms. The first-order valence-electron chi connectivity index (χ1n) is 7.59. The van der Waals surface area contributed by atoms with E-state index in [0.717, 1.165) is 6.61 Å². The monoisotopic (exact) mass is 283 g/mol. The summed E-state index contributed by atoms with van der Waals surface area (Å²) in [7, 11) is 0. The minimum absolute atomic E-state index is 0.0100. The van der Waals surface area contributed by atoms with Gasteiger partial charge in [-0.2, -0.15) is 0 Å². The molecule has 0 aromatic heterocycles. The Hall–Kier alpha value is -1.80. The van der Waals surface area contributed by atoms with Gasteiger partial charge in [0.25, 0.3) is 0 Å². The van der Waals surface area contributed by atoms with Crippen molar-refractivity contribution in [3.8, 4) is 0 Å². The van der Waals surface area contributed by atoms with Gasteiger partial charge in [-0.05, 0) is 30.1 Å². The highest BCUT2D eigenvalue weighted by atomic mass is 16.5. The average molecular weight is 283 g/mol. The van der Waals surface area contributed by atoms with Crippen molar-refractivity contribution >= 4 is 5.57 Å². The van der Waals surface area contributed by atoms with Crippen molar-refractivity contribution in [2.45, 2.75) is 32.7 Å². The fourth-order valence-electron chi connectivity index (χ4n) is 2.48. The molecule has 1 aliphatic heterocycles. The summed E-state index contributed by atoms with van der Waals surface area (Å²) < 4.78 is 4.89. The Labute approximate surface area is 128 Å². The van der Waals surface area contributed by atoms with Gasteiger partial charge in [0.15, 0.2) is 0 Å². The normalized spacial score (nSPS) is 22.6. The molecule has 1 aromatic carbocycles. The fourth-order valence-corrected chi connectivity index (χ4v) is 2.48. The van der Waals surface area contributed by atoms with Gasteiger partial charge in [-0.1, -0.05) is 62.4 Å². The lowest BCUT2D eigenvalue weighted by Crippen LogP contribution is -2.37. The van der Waals surface area contributed by atoms with Crippen LogP contribution in [0.15, 0.2) is 60.9 Å². The Morgan fingerprint density at radius 1 is 1.19 bits per heavy atom. The molecule has 0 saturated carbocycles. The highest BCUT2D eigenvalue weighted by Crippen LogP contribution is 2.39. The van der Waals surface area contributed by atoms with Crippen molar-refractivity contribution in [2.75, 3.05) is 6.61 Å². The molecule has 1 atom stereocenters. The van der Waals surface area contributed by atoms with E-state index < -0.39 is 0 Å². The molecule has 0 bridgehead atoms. The standard InChI is InChI=1S/C14H17N.C5H8O/c1-14(2)12(9-6-10-13(14)15)11-7-4-3-5-8-11;1-2-4-6-5-3-1/h3-10,13H,15H2,1-2H3;2,4H,1,3,5H2. The van der Waals surface area contributed by atoms with Crippen LogP contribution in [0.4, 0.5) is 0 Å². The predicted octanol–water partition coefficient (Wildman–Crippen LogP) is 4.30. The Morgan fingerprint density at radius 2 is 1.95 bits per heavy atom. The fraction of sp³-hybridized carbons (Fsp3) is 0.368. The lowest BCUT2D eigenvalue weighted by molar-refractivity contribution is 0.231. The SMILES string of the molecule is C1=COCCC1.CC1(C)C(c2ccccc2)=CC=CC1N. The summed E-state index contributed by atoms with van der Waals surface area (Å²) in [6.07, 6.45) is 12.5. The van der Waals surface area contributed by atoms with E-state index in [2.05, 4.69) is 56.3 Å². The molecule has 0 amide bonds. The van der Waals surface area contributed by atoms with Crippen LogP contribution in [-0.2, 0) is 4.74 Å². The molecule has 0 saturated heterocycles. The zero-order valence-corrected chi connectivity index (χ0v) is 13.0. The number of nitrogens with two attached hydrogens (primary N) is 1. The number of hydrogen-bond donors (Lipinski definition) is 1. The molecule has 1 aromatic rings. The molecule has 1 unspecified atom stereocenters. The Bertz CT molecular complexity index is 518. The molecule has 2 aliphatic rings. The zero-order valence-electron chi connectivity index (χ0n) is 13.0. The van der Waals surface area contributed by atoms with Crippen molar-refractivity contribution in [1.29, 1.82) is 0 Å². The van der Waals surface area contributed by atoms with E-state index in [-0.39, 0.29) is 11.5 Å². The van der Waals surface area contributed by atoms with Crippen LogP contribution in [-0.4, -0.2) is 12.6 Å². The quantitative estimate of drug-likeness (QED) is 0.834.